The number of nitrogens with zero attached hydrogens (tertiary/aromatic N) is 1. The van der Waals surface area contributed by atoms with Crippen molar-refractivity contribution in [1.29, 1.82) is 0 Å². The zero-order valence-electron chi connectivity index (χ0n) is 15.6. The zero-order chi connectivity index (χ0) is 19.1. The summed E-state index contributed by atoms with van der Waals surface area (Å²) in [6.07, 6.45) is 2.78. The molecule has 27 heavy (non-hydrogen) atoms. The van der Waals surface area contributed by atoms with Crippen molar-refractivity contribution in [2.75, 3.05) is 32.9 Å². The Kier molecular flexibility index (Phi) is 6.83. The number of hydrogen-bond donors (Lipinski definition) is 2. The molecule has 1 atom stereocenters. The molecule has 0 bridgehead atoms. The average molecular weight is 373 g/mol. The van der Waals surface area contributed by atoms with Gasteiger partial charge in [0.2, 0.25) is 0 Å². The summed E-state index contributed by atoms with van der Waals surface area (Å²) in [4.78, 5) is 2.38. The van der Waals surface area contributed by atoms with Crippen LogP contribution in [0, 0.1) is 11.2 Å². The number of ether oxygens (including phenoxy) is 1. The molecule has 2 aromatic carbocycles. The van der Waals surface area contributed by atoms with Gasteiger partial charge in [0.1, 0.15) is 18.2 Å². The first-order valence-electron chi connectivity index (χ1n) is 9.53. The number of piperidine rings is 1. The molecule has 0 spiro atoms. The molecule has 2 aromatic rings. The molecule has 2 N–H and O–H groups in total. The number of benzene rings is 2. The van der Waals surface area contributed by atoms with Gasteiger partial charge in [-0.05, 0) is 61.2 Å². The molecule has 1 fully saturated rings. The number of rotatable bonds is 8. The van der Waals surface area contributed by atoms with E-state index in [1.807, 2.05) is 36.4 Å². The molecule has 0 radical (unpaired) electrons. The Labute approximate surface area is 160 Å². The van der Waals surface area contributed by atoms with Gasteiger partial charge in [-0.15, -0.1) is 0 Å². The predicted octanol–water partition coefficient (Wildman–Crippen LogP) is 3.01. The van der Waals surface area contributed by atoms with Crippen LogP contribution in [0.25, 0.3) is 0 Å². The van der Waals surface area contributed by atoms with Crippen LogP contribution in [0.2, 0.25) is 0 Å². The van der Waals surface area contributed by atoms with Crippen LogP contribution in [0.3, 0.4) is 0 Å². The molecule has 0 aliphatic carbocycles. The van der Waals surface area contributed by atoms with Crippen molar-refractivity contribution >= 4 is 0 Å². The third-order valence-corrected chi connectivity index (χ3v) is 5.26. The summed E-state index contributed by atoms with van der Waals surface area (Å²) in [6, 6.07) is 14.5. The smallest absolute Gasteiger partial charge is 0.123 e. The SMILES string of the molecule is OCCOc1ccc(CN2CCCC(CO)(Cc3ccc(F)cc3)C2)cc1. The number of aliphatic hydroxyl groups is 2. The Balaban J connectivity index is 1.62. The molecule has 5 heteroatoms. The number of hydrogen-bond acceptors (Lipinski definition) is 4. The van der Waals surface area contributed by atoms with Crippen molar-refractivity contribution in [3.05, 3.63) is 65.5 Å². The van der Waals surface area contributed by atoms with E-state index in [2.05, 4.69) is 4.90 Å². The van der Waals surface area contributed by atoms with Crippen molar-refractivity contribution in [2.45, 2.75) is 25.8 Å². The van der Waals surface area contributed by atoms with Gasteiger partial charge in [-0.2, -0.15) is 0 Å². The van der Waals surface area contributed by atoms with E-state index in [-0.39, 0.29) is 24.4 Å². The van der Waals surface area contributed by atoms with Gasteiger partial charge in [0, 0.05) is 18.5 Å². The molecule has 146 valence electrons. The van der Waals surface area contributed by atoms with Gasteiger partial charge in [0.25, 0.3) is 0 Å². The molecule has 0 amide bonds. The topological polar surface area (TPSA) is 52.9 Å². The fraction of sp³-hybridized carbons (Fsp3) is 0.455. The summed E-state index contributed by atoms with van der Waals surface area (Å²) in [5.41, 5.74) is 2.08. The van der Waals surface area contributed by atoms with E-state index < -0.39 is 0 Å². The highest BCUT2D eigenvalue weighted by Gasteiger charge is 2.35. The molecule has 1 unspecified atom stereocenters. The average Bonchev–Trinajstić information content (AvgIpc) is 2.69. The molecule has 3 rings (SSSR count). The van der Waals surface area contributed by atoms with Crippen LogP contribution in [-0.4, -0.2) is 48.0 Å². The van der Waals surface area contributed by atoms with E-state index in [9.17, 15) is 9.50 Å². The van der Waals surface area contributed by atoms with E-state index in [0.717, 1.165) is 50.2 Å². The summed E-state index contributed by atoms with van der Waals surface area (Å²) in [5, 5.41) is 18.9. The van der Waals surface area contributed by atoms with Gasteiger partial charge in [-0.1, -0.05) is 24.3 Å². The van der Waals surface area contributed by atoms with E-state index in [1.165, 1.54) is 17.7 Å². The second-order valence-corrected chi connectivity index (χ2v) is 7.49. The lowest BCUT2D eigenvalue weighted by Crippen LogP contribution is -2.46. The monoisotopic (exact) mass is 373 g/mol. The summed E-state index contributed by atoms with van der Waals surface area (Å²) < 4.78 is 18.6. The second-order valence-electron chi connectivity index (χ2n) is 7.49. The van der Waals surface area contributed by atoms with Crippen LogP contribution >= 0.6 is 0 Å². The maximum atomic E-state index is 13.2. The van der Waals surface area contributed by atoms with Crippen LogP contribution in [0.4, 0.5) is 4.39 Å². The van der Waals surface area contributed by atoms with Crippen molar-refractivity contribution in [2.24, 2.45) is 5.41 Å². The van der Waals surface area contributed by atoms with E-state index >= 15 is 0 Å². The fourth-order valence-corrected chi connectivity index (χ4v) is 3.92. The van der Waals surface area contributed by atoms with Crippen molar-refractivity contribution in [1.82, 2.24) is 4.90 Å². The number of aliphatic hydroxyl groups excluding tert-OH is 2. The van der Waals surface area contributed by atoms with Crippen LogP contribution in [0.1, 0.15) is 24.0 Å². The number of likely N-dealkylation sites (tertiary alicyclic amines) is 1. The third-order valence-electron chi connectivity index (χ3n) is 5.26. The molecule has 4 nitrogen and oxygen atoms in total. The minimum Gasteiger partial charge on any atom is -0.491 e. The highest BCUT2D eigenvalue weighted by atomic mass is 19.1. The molecule has 1 heterocycles. The minimum atomic E-state index is -0.228. The highest BCUT2D eigenvalue weighted by Crippen LogP contribution is 2.34. The third kappa shape index (κ3) is 5.51. The van der Waals surface area contributed by atoms with Gasteiger partial charge in [0.15, 0.2) is 0 Å². The first kappa shape index (κ1) is 19.8. The lowest BCUT2D eigenvalue weighted by Gasteiger charge is -2.42. The van der Waals surface area contributed by atoms with Crippen molar-refractivity contribution in [3.8, 4) is 5.75 Å². The van der Waals surface area contributed by atoms with Gasteiger partial charge < -0.3 is 14.9 Å². The second kappa shape index (κ2) is 9.31. The Bertz CT molecular complexity index is 705. The summed E-state index contributed by atoms with van der Waals surface area (Å²) in [5.74, 6) is 0.529. The molecule has 0 saturated carbocycles. The predicted molar refractivity (Wildman–Crippen MR) is 103 cm³/mol. The van der Waals surface area contributed by atoms with E-state index in [0.29, 0.717) is 6.61 Å². The zero-order valence-corrected chi connectivity index (χ0v) is 15.6. The first-order valence-corrected chi connectivity index (χ1v) is 9.53. The van der Waals surface area contributed by atoms with Gasteiger partial charge in [0.05, 0.1) is 13.2 Å². The Hall–Kier alpha value is -1.95. The van der Waals surface area contributed by atoms with Crippen LogP contribution in [0.15, 0.2) is 48.5 Å². The van der Waals surface area contributed by atoms with Crippen molar-refractivity contribution < 1.29 is 19.3 Å². The Morgan fingerprint density at radius 2 is 1.70 bits per heavy atom. The molecular formula is C22H28FNO3. The normalized spacial score (nSPS) is 20.6. The lowest BCUT2D eigenvalue weighted by molar-refractivity contribution is 0.0288. The summed E-state index contributed by atoms with van der Waals surface area (Å²) in [6.45, 7) is 3.10. The molecule has 1 aliphatic heterocycles. The van der Waals surface area contributed by atoms with Crippen molar-refractivity contribution in [3.63, 3.8) is 0 Å². The summed E-state index contributed by atoms with van der Waals surface area (Å²) in [7, 11) is 0. The van der Waals surface area contributed by atoms with Crippen LogP contribution < -0.4 is 4.74 Å². The molecular weight excluding hydrogens is 345 g/mol. The highest BCUT2D eigenvalue weighted by molar-refractivity contribution is 5.27. The Morgan fingerprint density at radius 3 is 2.37 bits per heavy atom. The first-order chi connectivity index (χ1) is 13.1. The fourth-order valence-electron chi connectivity index (χ4n) is 3.92. The molecule has 0 aromatic heterocycles. The summed E-state index contributed by atoms with van der Waals surface area (Å²) >= 11 is 0. The maximum Gasteiger partial charge on any atom is 0.123 e. The number of halogens is 1. The standard InChI is InChI=1S/C22H28FNO3/c23-20-6-2-18(3-7-20)14-22(17-26)10-1-11-24(16-22)15-19-4-8-21(9-5-19)27-13-12-25/h2-9,25-26H,1,10-17H2. The minimum absolute atomic E-state index is 0.00677. The van der Waals surface area contributed by atoms with Crippen LogP contribution in [0.5, 0.6) is 5.75 Å². The van der Waals surface area contributed by atoms with Gasteiger partial charge >= 0.3 is 0 Å². The molecule has 1 saturated heterocycles. The van der Waals surface area contributed by atoms with Gasteiger partial charge in [-0.3, -0.25) is 4.90 Å². The largest absolute Gasteiger partial charge is 0.491 e. The lowest BCUT2D eigenvalue weighted by atomic mass is 9.75. The van der Waals surface area contributed by atoms with E-state index in [1.54, 1.807) is 0 Å². The van der Waals surface area contributed by atoms with Crippen LogP contribution in [-0.2, 0) is 13.0 Å². The van der Waals surface area contributed by atoms with E-state index in [4.69, 9.17) is 9.84 Å². The molecule has 1 aliphatic rings. The maximum absolute atomic E-state index is 13.2. The van der Waals surface area contributed by atoms with Gasteiger partial charge in [-0.25, -0.2) is 4.39 Å². The quantitative estimate of drug-likeness (QED) is 0.747. The Morgan fingerprint density at radius 1 is 1.00 bits per heavy atom.